The minimum absolute atomic E-state index is 0.251. The number of carbonyl (C=O) groups is 3. The van der Waals surface area contributed by atoms with E-state index in [9.17, 15) is 14.4 Å². The van der Waals surface area contributed by atoms with Crippen LogP contribution in [0.5, 0.6) is 0 Å². The van der Waals surface area contributed by atoms with E-state index in [-0.39, 0.29) is 31.8 Å². The van der Waals surface area contributed by atoms with Crippen LogP contribution in [0.2, 0.25) is 0 Å². The summed E-state index contributed by atoms with van der Waals surface area (Å²) in [4.78, 5) is 43.5. The third kappa shape index (κ3) is 50.2. The highest BCUT2D eigenvalue weighted by atomic mass is 16.8. The second-order valence-corrected chi connectivity index (χ2v) is 17.9. The van der Waals surface area contributed by atoms with Crippen molar-refractivity contribution >= 4 is 17.9 Å². The number of hydrogen-bond acceptors (Lipinski definition) is 7. The lowest BCUT2D eigenvalue weighted by Gasteiger charge is -2.20. The molecule has 7 nitrogen and oxygen atoms in total. The summed E-state index contributed by atoms with van der Waals surface area (Å²) >= 11 is 0. The molecule has 0 fully saturated rings. The molecule has 0 spiro atoms. The van der Waals surface area contributed by atoms with Crippen LogP contribution in [0, 0.1) is 0 Å². The number of hydroxylamine groups is 2. The van der Waals surface area contributed by atoms with Crippen molar-refractivity contribution in [1.82, 2.24) is 5.06 Å². The Labute approximate surface area is 390 Å². The van der Waals surface area contributed by atoms with Gasteiger partial charge in [0.15, 0.2) is 13.5 Å². The van der Waals surface area contributed by atoms with Crippen LogP contribution in [0.1, 0.15) is 278 Å². The molecule has 0 bridgehead atoms. The maximum atomic E-state index is 12.8. The maximum Gasteiger partial charge on any atom is 0.325 e. The number of nitrogens with zero attached hydrogens (tertiary/aromatic N) is 1. The number of rotatable bonds is 49. The topological polar surface area (TPSA) is 82.1 Å². The smallest absolute Gasteiger partial charge is 0.325 e. The lowest BCUT2D eigenvalue weighted by Crippen LogP contribution is -2.34. The second kappa shape index (κ2) is 52.0. The zero-order valence-electron chi connectivity index (χ0n) is 41.7. The normalized spacial score (nSPS) is 11.9. The van der Waals surface area contributed by atoms with Crippen LogP contribution in [0.3, 0.4) is 0 Å². The number of esters is 2. The van der Waals surface area contributed by atoms with Crippen molar-refractivity contribution in [3.8, 4) is 0 Å². The summed E-state index contributed by atoms with van der Waals surface area (Å²) in [6.07, 6.45) is 62.7. The zero-order chi connectivity index (χ0) is 45.8. The van der Waals surface area contributed by atoms with Crippen LogP contribution in [-0.2, 0) is 28.7 Å². The average molecular weight is 884 g/mol. The van der Waals surface area contributed by atoms with E-state index in [2.05, 4.69) is 69.4 Å². The summed E-state index contributed by atoms with van der Waals surface area (Å²) in [6.45, 7) is 6.25. The van der Waals surface area contributed by atoms with Crippen molar-refractivity contribution in [2.75, 3.05) is 13.5 Å². The van der Waals surface area contributed by atoms with E-state index in [1.165, 1.54) is 133 Å². The number of ether oxygens (including phenoxy) is 2. The Kier molecular flexibility index (Phi) is 49.8. The minimum Gasteiger partial charge on any atom is -0.446 e. The molecule has 0 rings (SSSR count). The van der Waals surface area contributed by atoms with Crippen molar-refractivity contribution < 1.29 is 28.7 Å². The van der Waals surface area contributed by atoms with Crippen LogP contribution < -0.4 is 0 Å². The average Bonchev–Trinajstić information content (AvgIpc) is 3.28. The van der Waals surface area contributed by atoms with E-state index in [4.69, 9.17) is 14.3 Å². The van der Waals surface area contributed by atoms with Crippen LogP contribution in [0.25, 0.3) is 0 Å². The van der Waals surface area contributed by atoms with Gasteiger partial charge < -0.3 is 14.3 Å². The molecule has 0 saturated heterocycles. The van der Waals surface area contributed by atoms with Crippen LogP contribution in [0.15, 0.2) is 48.6 Å². The fraction of sp³-hybridized carbons (Fsp3) is 0.804. The minimum atomic E-state index is -0.401. The first kappa shape index (κ1) is 60.3. The van der Waals surface area contributed by atoms with E-state index in [0.29, 0.717) is 12.8 Å². The number of allylic oxidation sites excluding steroid dienone is 8. The molecule has 0 amide bonds. The molecule has 0 aromatic rings. The largest absolute Gasteiger partial charge is 0.446 e. The van der Waals surface area contributed by atoms with E-state index in [1.807, 2.05) is 0 Å². The lowest BCUT2D eigenvalue weighted by molar-refractivity contribution is -0.238. The van der Waals surface area contributed by atoms with Crippen molar-refractivity contribution in [3.63, 3.8) is 0 Å². The van der Waals surface area contributed by atoms with Gasteiger partial charge in [0.25, 0.3) is 0 Å². The van der Waals surface area contributed by atoms with Gasteiger partial charge in [-0.1, -0.05) is 209 Å². The predicted molar refractivity (Wildman–Crippen MR) is 268 cm³/mol. The van der Waals surface area contributed by atoms with Gasteiger partial charge in [0.2, 0.25) is 0 Å². The van der Waals surface area contributed by atoms with Crippen molar-refractivity contribution in [1.29, 1.82) is 0 Å². The first-order valence-electron chi connectivity index (χ1n) is 26.9. The molecule has 0 unspecified atom stereocenters. The van der Waals surface area contributed by atoms with Gasteiger partial charge in [0.05, 0.1) is 0 Å². The maximum absolute atomic E-state index is 12.8. The van der Waals surface area contributed by atoms with Crippen molar-refractivity contribution in [2.24, 2.45) is 0 Å². The molecule has 0 aliphatic heterocycles. The SMILES string of the molecule is CCCCCC=CCC=CCCCCCCCC(=O)ON(COC(=O)CCCCCCCC=CCCCCCCCC)COC(=O)CCCCCCCC=CCCCCCCCC. The molecule has 0 aromatic heterocycles. The molecular formula is C56H101NO6. The Morgan fingerprint density at radius 1 is 0.317 bits per heavy atom. The van der Waals surface area contributed by atoms with E-state index in [1.54, 1.807) is 0 Å². The lowest BCUT2D eigenvalue weighted by atomic mass is 10.1. The Morgan fingerprint density at radius 2 is 0.571 bits per heavy atom. The summed E-state index contributed by atoms with van der Waals surface area (Å²) in [5.41, 5.74) is 0. The van der Waals surface area contributed by atoms with Crippen molar-refractivity contribution in [2.45, 2.75) is 278 Å². The van der Waals surface area contributed by atoms with Gasteiger partial charge in [0.1, 0.15) is 0 Å². The molecule has 0 aliphatic rings. The molecule has 7 heteroatoms. The van der Waals surface area contributed by atoms with Crippen LogP contribution in [0.4, 0.5) is 0 Å². The van der Waals surface area contributed by atoms with Gasteiger partial charge in [0, 0.05) is 19.3 Å². The molecule has 63 heavy (non-hydrogen) atoms. The second-order valence-electron chi connectivity index (χ2n) is 17.9. The zero-order valence-corrected chi connectivity index (χ0v) is 41.7. The monoisotopic (exact) mass is 884 g/mol. The summed E-state index contributed by atoms with van der Waals surface area (Å²) in [5, 5.41) is 1.17. The number of unbranched alkanes of at least 4 members (excludes halogenated alkanes) is 30. The van der Waals surface area contributed by atoms with Crippen LogP contribution in [-0.4, -0.2) is 36.4 Å². The van der Waals surface area contributed by atoms with Gasteiger partial charge in [-0.05, 0) is 103 Å². The molecular weight excluding hydrogens is 783 g/mol. The van der Waals surface area contributed by atoms with Gasteiger partial charge in [-0.3, -0.25) is 14.4 Å². The van der Waals surface area contributed by atoms with Gasteiger partial charge in [-0.15, -0.1) is 0 Å². The molecule has 0 radical (unpaired) electrons. The summed E-state index contributed by atoms with van der Waals surface area (Å²) < 4.78 is 10.9. The van der Waals surface area contributed by atoms with E-state index < -0.39 is 5.97 Å². The molecule has 0 aromatic carbocycles. The Balaban J connectivity index is 4.41. The first-order chi connectivity index (χ1) is 31.0. The van der Waals surface area contributed by atoms with Crippen molar-refractivity contribution in [3.05, 3.63) is 48.6 Å². The molecule has 0 N–H and O–H groups in total. The Morgan fingerprint density at radius 3 is 0.921 bits per heavy atom. The standard InChI is InChI=1S/C56H101NO6/c1-4-7-10-13-16-19-22-25-28-31-34-37-40-43-46-49-54(58)61-52-57(63-56(60)51-48-45-42-39-36-33-30-27-24-21-18-15-12-9-6-3)53-62-55(59)50-47-44-41-38-35-32-29-26-23-20-17-14-11-8-5-2/h18,21,25-30H,4-17,19-20,22-24,31-53H2,1-3H3. The summed E-state index contributed by atoms with van der Waals surface area (Å²) in [6, 6.07) is 0. The highest BCUT2D eigenvalue weighted by molar-refractivity contribution is 5.70. The fourth-order valence-electron chi connectivity index (χ4n) is 7.47. The summed E-state index contributed by atoms with van der Waals surface area (Å²) in [5.74, 6) is -1.06. The first-order valence-corrected chi connectivity index (χ1v) is 26.9. The highest BCUT2D eigenvalue weighted by Crippen LogP contribution is 2.14. The number of carbonyl (C=O) groups excluding carboxylic acids is 3. The van der Waals surface area contributed by atoms with E-state index >= 15 is 0 Å². The Hall–Kier alpha value is -2.67. The Bertz CT molecular complexity index is 1060. The van der Waals surface area contributed by atoms with Gasteiger partial charge >= 0.3 is 17.9 Å². The fourth-order valence-corrected chi connectivity index (χ4v) is 7.47. The van der Waals surface area contributed by atoms with Gasteiger partial charge in [-0.2, -0.15) is 0 Å². The van der Waals surface area contributed by atoms with Gasteiger partial charge in [-0.25, -0.2) is 0 Å². The van der Waals surface area contributed by atoms with Crippen LogP contribution >= 0.6 is 0 Å². The quantitative estimate of drug-likeness (QED) is 0.0198. The van der Waals surface area contributed by atoms with E-state index in [0.717, 1.165) is 109 Å². The number of hydrogen-bond donors (Lipinski definition) is 0. The molecule has 0 saturated carbocycles. The highest BCUT2D eigenvalue weighted by Gasteiger charge is 2.17. The third-order valence-electron chi connectivity index (χ3n) is 11.6. The third-order valence-corrected chi connectivity index (χ3v) is 11.6. The molecule has 0 aliphatic carbocycles. The molecule has 366 valence electrons. The summed E-state index contributed by atoms with van der Waals surface area (Å²) in [7, 11) is 0. The molecule has 0 heterocycles. The predicted octanol–water partition coefficient (Wildman–Crippen LogP) is 17.6. The molecule has 0 atom stereocenters.